The van der Waals surface area contributed by atoms with E-state index in [0.29, 0.717) is 0 Å². The third kappa shape index (κ3) is 3.19. The molecule has 0 bridgehead atoms. The number of nitrogens with zero attached hydrogens (tertiary/aromatic N) is 2. The summed E-state index contributed by atoms with van der Waals surface area (Å²) in [4.78, 5) is 11.8. The molecule has 19 heavy (non-hydrogen) atoms. The van der Waals surface area contributed by atoms with Gasteiger partial charge in [0.25, 0.3) is 0 Å². The smallest absolute Gasteiger partial charge is 0.328 e. The van der Waals surface area contributed by atoms with Crippen LogP contribution < -0.4 is 23.4 Å². The normalized spacial score (nSPS) is 11.6. The van der Waals surface area contributed by atoms with E-state index >= 15 is 0 Å². The second-order valence-electron chi connectivity index (χ2n) is 5.83. The first-order chi connectivity index (χ1) is 8.29. The molecule has 0 spiro atoms. The average Bonchev–Trinajstić information content (AvgIpc) is 2.51. The van der Waals surface area contributed by atoms with Crippen molar-refractivity contribution >= 4 is 11.0 Å². The van der Waals surface area contributed by atoms with E-state index in [0.717, 1.165) is 17.6 Å². The van der Waals surface area contributed by atoms with E-state index in [9.17, 15) is 4.79 Å². The molecule has 1 aromatic heterocycles. The largest absolute Gasteiger partial charge is 1.00 e. The van der Waals surface area contributed by atoms with Gasteiger partial charge in [-0.15, -0.1) is 0 Å². The minimum Gasteiger partial charge on any atom is -1.00 e. The molecule has 1 aromatic carbocycles. The van der Waals surface area contributed by atoms with Crippen LogP contribution in [-0.4, -0.2) is 14.7 Å². The highest BCUT2D eigenvalue weighted by atomic mass is 35.5. The Morgan fingerprint density at radius 1 is 1.11 bits per heavy atom. The van der Waals surface area contributed by atoms with Crippen molar-refractivity contribution < 1.29 is 12.4 Å². The van der Waals surface area contributed by atoms with Crippen LogP contribution in [0.15, 0.2) is 23.0 Å². The summed E-state index contributed by atoms with van der Waals surface area (Å²) in [6.07, 6.45) is 0. The first-order valence-corrected chi connectivity index (χ1v) is 6.19. The maximum atomic E-state index is 11.8. The zero-order valence-electron chi connectivity index (χ0n) is 12.1. The first-order valence-electron chi connectivity index (χ1n) is 6.19. The Hall–Kier alpha value is -1.26. The Morgan fingerprint density at radius 2 is 1.68 bits per heavy atom. The van der Waals surface area contributed by atoms with Crippen LogP contribution in [-0.2, 0) is 20.6 Å². The molecule has 0 saturated carbocycles. The lowest BCUT2D eigenvalue weighted by Crippen LogP contribution is -3.00. The monoisotopic (exact) mass is 282 g/mol. The van der Waals surface area contributed by atoms with Crippen LogP contribution in [0.1, 0.15) is 26.3 Å². The zero-order valence-corrected chi connectivity index (χ0v) is 12.9. The molecule has 0 aliphatic rings. The van der Waals surface area contributed by atoms with Crippen molar-refractivity contribution in [3.05, 3.63) is 34.2 Å². The van der Waals surface area contributed by atoms with Gasteiger partial charge in [0.05, 0.1) is 11.0 Å². The molecule has 0 atom stereocenters. The van der Waals surface area contributed by atoms with Crippen LogP contribution in [0.4, 0.5) is 0 Å². The topological polar surface area (TPSA) is 39.0 Å². The third-order valence-electron chi connectivity index (χ3n) is 3.16. The van der Waals surface area contributed by atoms with E-state index < -0.39 is 0 Å². The van der Waals surface area contributed by atoms with E-state index in [1.54, 1.807) is 16.2 Å². The minimum absolute atomic E-state index is 0. The summed E-state index contributed by atoms with van der Waals surface area (Å²) in [6.45, 7) is 7.24. The van der Waals surface area contributed by atoms with Gasteiger partial charge in [-0.05, 0) is 38.5 Å². The summed E-state index contributed by atoms with van der Waals surface area (Å²) in [5.74, 6) is 0. The number of nitrogens with one attached hydrogen (secondary N) is 1. The van der Waals surface area contributed by atoms with E-state index in [-0.39, 0.29) is 23.6 Å². The fraction of sp³-hybridized carbons (Fsp3) is 0.500. The van der Waals surface area contributed by atoms with Crippen LogP contribution in [0.2, 0.25) is 0 Å². The van der Waals surface area contributed by atoms with Crippen molar-refractivity contribution in [3.8, 4) is 0 Å². The van der Waals surface area contributed by atoms with Crippen LogP contribution in [0, 0.1) is 0 Å². The lowest BCUT2D eigenvalue weighted by Gasteiger charge is -2.20. The van der Waals surface area contributed by atoms with Crippen molar-refractivity contribution in [2.45, 2.75) is 32.9 Å². The number of rotatable bonds is 2. The fourth-order valence-electron chi connectivity index (χ4n) is 2.03. The highest BCUT2D eigenvalue weighted by Gasteiger charge is 2.11. The Labute approximate surface area is 119 Å². The van der Waals surface area contributed by atoms with Gasteiger partial charge >= 0.3 is 5.69 Å². The van der Waals surface area contributed by atoms with E-state index in [1.807, 2.05) is 13.1 Å². The standard InChI is InChI=1S/C14H21N3O.ClH/c1-14(2,3)15-9-10-6-7-11-12(8-10)17(5)13(18)16(11)4;/h6-8,15H,9H2,1-5H3;1H/p-1. The molecular weight excluding hydrogens is 262 g/mol. The molecule has 0 saturated heterocycles. The molecule has 0 amide bonds. The van der Waals surface area contributed by atoms with Gasteiger partial charge in [-0.25, -0.2) is 4.79 Å². The molecule has 0 unspecified atom stereocenters. The highest BCUT2D eigenvalue weighted by Crippen LogP contribution is 2.14. The maximum Gasteiger partial charge on any atom is 0.328 e. The van der Waals surface area contributed by atoms with Crippen molar-refractivity contribution in [1.82, 2.24) is 14.5 Å². The van der Waals surface area contributed by atoms with Crippen molar-refractivity contribution in [1.29, 1.82) is 0 Å². The van der Waals surface area contributed by atoms with Gasteiger partial charge < -0.3 is 17.7 Å². The summed E-state index contributed by atoms with van der Waals surface area (Å²) < 4.78 is 3.37. The van der Waals surface area contributed by atoms with Gasteiger partial charge in [-0.1, -0.05) is 6.07 Å². The predicted molar refractivity (Wildman–Crippen MR) is 74.8 cm³/mol. The summed E-state index contributed by atoms with van der Waals surface area (Å²) >= 11 is 0. The second-order valence-corrected chi connectivity index (χ2v) is 5.83. The van der Waals surface area contributed by atoms with Crippen molar-refractivity contribution in [3.63, 3.8) is 0 Å². The number of hydrogen-bond donors (Lipinski definition) is 1. The van der Waals surface area contributed by atoms with Crippen molar-refractivity contribution in [2.24, 2.45) is 14.1 Å². The lowest BCUT2D eigenvalue weighted by atomic mass is 10.1. The van der Waals surface area contributed by atoms with E-state index in [1.165, 1.54) is 5.56 Å². The molecule has 1 heterocycles. The number of halogens is 1. The second kappa shape index (κ2) is 5.39. The highest BCUT2D eigenvalue weighted by molar-refractivity contribution is 5.76. The van der Waals surface area contributed by atoms with E-state index in [2.05, 4.69) is 38.2 Å². The Bertz CT molecular complexity index is 634. The van der Waals surface area contributed by atoms with Gasteiger partial charge in [0.2, 0.25) is 0 Å². The van der Waals surface area contributed by atoms with E-state index in [4.69, 9.17) is 0 Å². The molecular formula is C14H21ClN3O-. The number of aryl methyl sites for hydroxylation is 2. The molecule has 2 rings (SSSR count). The predicted octanol–water partition coefficient (Wildman–Crippen LogP) is -1.23. The van der Waals surface area contributed by atoms with Gasteiger partial charge in [0.1, 0.15) is 0 Å². The van der Waals surface area contributed by atoms with Gasteiger partial charge in [0.15, 0.2) is 0 Å². The molecule has 2 aromatic rings. The summed E-state index contributed by atoms with van der Waals surface area (Å²) in [7, 11) is 3.61. The fourth-order valence-corrected chi connectivity index (χ4v) is 2.03. The van der Waals surface area contributed by atoms with Crippen LogP contribution >= 0.6 is 0 Å². The maximum absolute atomic E-state index is 11.8. The number of hydrogen-bond acceptors (Lipinski definition) is 2. The zero-order chi connectivity index (χ0) is 13.5. The van der Waals surface area contributed by atoms with Crippen LogP contribution in [0.3, 0.4) is 0 Å². The Kier molecular flexibility index (Phi) is 4.48. The van der Waals surface area contributed by atoms with Crippen LogP contribution in [0.5, 0.6) is 0 Å². The van der Waals surface area contributed by atoms with Crippen LogP contribution in [0.25, 0.3) is 11.0 Å². The third-order valence-corrected chi connectivity index (χ3v) is 3.16. The van der Waals surface area contributed by atoms with Crippen molar-refractivity contribution in [2.75, 3.05) is 0 Å². The number of benzene rings is 1. The molecule has 5 heteroatoms. The van der Waals surface area contributed by atoms with Gasteiger partial charge in [-0.2, -0.15) is 0 Å². The van der Waals surface area contributed by atoms with Gasteiger partial charge in [0, 0.05) is 26.2 Å². The molecule has 0 aliphatic carbocycles. The first kappa shape index (κ1) is 15.8. The lowest BCUT2D eigenvalue weighted by molar-refractivity contribution is -0.00000463. The molecule has 1 N–H and O–H groups in total. The number of fused-ring (bicyclic) bond motifs is 1. The Morgan fingerprint density at radius 3 is 2.26 bits per heavy atom. The van der Waals surface area contributed by atoms with Gasteiger partial charge in [-0.3, -0.25) is 9.13 Å². The minimum atomic E-state index is 0. The molecule has 106 valence electrons. The summed E-state index contributed by atoms with van der Waals surface area (Å²) in [5.41, 5.74) is 3.26. The quantitative estimate of drug-likeness (QED) is 0.749. The number of imidazole rings is 1. The molecule has 0 aliphatic heterocycles. The average molecular weight is 283 g/mol. The molecule has 4 nitrogen and oxygen atoms in total. The SMILES string of the molecule is Cn1c(=O)n(C)c2cc(CNC(C)(C)C)ccc21.[Cl-]. The molecule has 0 fully saturated rings. The summed E-state index contributed by atoms with van der Waals surface area (Å²) in [5, 5.41) is 3.45. The summed E-state index contributed by atoms with van der Waals surface area (Å²) in [6, 6.07) is 6.16. The molecule has 0 radical (unpaired) electrons. The Balaban J connectivity index is 0.00000180. The number of aromatic nitrogens is 2.